The van der Waals surface area contributed by atoms with Crippen LogP contribution >= 0.6 is 22.6 Å². The van der Waals surface area contributed by atoms with Gasteiger partial charge >= 0.3 is 6.18 Å². The van der Waals surface area contributed by atoms with Crippen LogP contribution in [0.4, 0.5) is 13.2 Å². The Hall–Kier alpha value is -1.04. The van der Waals surface area contributed by atoms with Crippen LogP contribution in [-0.4, -0.2) is 0 Å². The lowest BCUT2D eigenvalue weighted by molar-refractivity contribution is -0.137. The molecular weight excluding hydrogens is 388 g/mol. The lowest BCUT2D eigenvalue weighted by Crippen LogP contribution is -2.10. The third-order valence-corrected chi connectivity index (χ3v) is 3.53. The number of hydrogen-bond acceptors (Lipinski definition) is 0. The van der Waals surface area contributed by atoms with Crippen LogP contribution in [-0.2, 0) is 11.6 Å². The molecule has 0 spiro atoms. The normalized spacial score (nSPS) is 11.6. The number of halogens is 4. The van der Waals surface area contributed by atoms with Crippen molar-refractivity contribution in [2.75, 3.05) is 0 Å². The number of benzene rings is 2. The molecule has 0 nitrogen and oxygen atoms in total. The molecule has 0 heterocycles. The fourth-order valence-electron chi connectivity index (χ4n) is 1.58. The van der Waals surface area contributed by atoms with E-state index in [1.54, 1.807) is 6.07 Å². The molecule has 0 fully saturated rings. The van der Waals surface area contributed by atoms with Crippen molar-refractivity contribution in [3.63, 3.8) is 0 Å². The zero-order valence-corrected chi connectivity index (χ0v) is 14.4. The third-order valence-electron chi connectivity index (χ3n) is 2.81. The Morgan fingerprint density at radius 2 is 1.19 bits per heavy atom. The summed E-state index contributed by atoms with van der Waals surface area (Å²) in [6, 6.07) is 15.1. The zero-order valence-electron chi connectivity index (χ0n) is 12.2. The average Bonchev–Trinajstić information content (AvgIpc) is 2.39. The predicted octanol–water partition coefficient (Wildman–Crippen LogP) is 6.29. The molecule has 0 N–H and O–H groups in total. The maximum Gasteiger partial charge on any atom is 0.416 e. The van der Waals surface area contributed by atoms with Crippen LogP contribution in [0.5, 0.6) is 0 Å². The summed E-state index contributed by atoms with van der Waals surface area (Å²) >= 11 is 2.32. The fraction of sp³-hybridized carbons (Fsp3) is 0.294. The molecule has 0 amide bonds. The van der Waals surface area contributed by atoms with E-state index in [9.17, 15) is 13.2 Å². The summed E-state index contributed by atoms with van der Waals surface area (Å²) in [6.45, 7) is 6.69. The predicted molar refractivity (Wildman–Crippen MR) is 89.3 cm³/mol. The molecule has 0 unspecified atom stereocenters. The van der Waals surface area contributed by atoms with E-state index in [-0.39, 0.29) is 5.41 Å². The van der Waals surface area contributed by atoms with Crippen LogP contribution in [0.25, 0.3) is 0 Å². The standard InChI is InChI=1S/C10H13I.C7H5F3/c1-10(2,3)8-4-6-9(11)7-5-8;8-7(9,10)6-4-2-1-3-5-6/h4-7H,1-3H3;1-5H. The highest BCUT2D eigenvalue weighted by molar-refractivity contribution is 14.1. The van der Waals surface area contributed by atoms with Crippen molar-refractivity contribution in [2.24, 2.45) is 0 Å². The van der Waals surface area contributed by atoms with E-state index >= 15 is 0 Å². The molecule has 0 aromatic heterocycles. The van der Waals surface area contributed by atoms with Crippen molar-refractivity contribution < 1.29 is 13.2 Å². The summed E-state index contributed by atoms with van der Waals surface area (Å²) in [5, 5.41) is 0. The molecule has 0 aliphatic heterocycles. The first-order valence-electron chi connectivity index (χ1n) is 6.49. The van der Waals surface area contributed by atoms with Crippen molar-refractivity contribution in [1.29, 1.82) is 0 Å². The molecule has 4 heteroatoms. The Bertz CT molecular complexity index is 537. The highest BCUT2D eigenvalue weighted by Gasteiger charge is 2.29. The second-order valence-electron chi connectivity index (χ2n) is 5.62. The van der Waals surface area contributed by atoms with Gasteiger partial charge in [-0.15, -0.1) is 0 Å². The van der Waals surface area contributed by atoms with E-state index in [4.69, 9.17) is 0 Å². The van der Waals surface area contributed by atoms with Gasteiger partial charge < -0.3 is 0 Å². The topological polar surface area (TPSA) is 0 Å². The second kappa shape index (κ2) is 7.29. The van der Waals surface area contributed by atoms with Crippen LogP contribution in [0.15, 0.2) is 54.6 Å². The Morgan fingerprint density at radius 3 is 1.52 bits per heavy atom. The summed E-state index contributed by atoms with van der Waals surface area (Å²) in [7, 11) is 0. The van der Waals surface area contributed by atoms with Gasteiger partial charge in [-0.3, -0.25) is 0 Å². The Kier molecular flexibility index (Phi) is 6.25. The molecule has 0 bridgehead atoms. The Balaban J connectivity index is 0.000000211. The van der Waals surface area contributed by atoms with E-state index in [1.165, 1.54) is 21.3 Å². The van der Waals surface area contributed by atoms with E-state index in [1.807, 2.05) is 0 Å². The lowest BCUT2D eigenvalue weighted by Gasteiger charge is -2.18. The number of hydrogen-bond donors (Lipinski definition) is 0. The molecule has 0 saturated carbocycles. The molecule has 2 rings (SSSR count). The van der Waals surface area contributed by atoms with Gasteiger partial charge in [0.1, 0.15) is 0 Å². The highest BCUT2D eigenvalue weighted by Crippen LogP contribution is 2.28. The third kappa shape index (κ3) is 6.50. The molecule has 0 atom stereocenters. The molecule has 0 saturated heterocycles. The van der Waals surface area contributed by atoms with Crippen molar-refractivity contribution in [3.05, 3.63) is 69.3 Å². The fourth-order valence-corrected chi connectivity index (χ4v) is 1.94. The van der Waals surface area contributed by atoms with Crippen molar-refractivity contribution in [3.8, 4) is 0 Å². The minimum atomic E-state index is -4.21. The van der Waals surface area contributed by atoms with E-state index in [0.717, 1.165) is 12.1 Å². The lowest BCUT2D eigenvalue weighted by atomic mass is 9.87. The van der Waals surface area contributed by atoms with Gasteiger partial charge in [0.2, 0.25) is 0 Å². The highest BCUT2D eigenvalue weighted by atomic mass is 127. The first-order chi connectivity index (χ1) is 9.60. The van der Waals surface area contributed by atoms with Gasteiger partial charge in [-0.25, -0.2) is 0 Å². The summed E-state index contributed by atoms with van der Waals surface area (Å²) in [5.41, 5.74) is 1.08. The van der Waals surface area contributed by atoms with Gasteiger partial charge in [-0.1, -0.05) is 63.2 Å². The van der Waals surface area contributed by atoms with Crippen LogP contribution in [0.1, 0.15) is 31.9 Å². The first-order valence-corrected chi connectivity index (χ1v) is 7.57. The first kappa shape index (κ1) is 18.0. The summed E-state index contributed by atoms with van der Waals surface area (Å²) in [4.78, 5) is 0. The summed E-state index contributed by atoms with van der Waals surface area (Å²) in [5.74, 6) is 0. The van der Waals surface area contributed by atoms with Gasteiger partial charge in [-0.05, 0) is 45.7 Å². The largest absolute Gasteiger partial charge is 0.416 e. The molecule has 0 radical (unpaired) electrons. The van der Waals surface area contributed by atoms with E-state index in [2.05, 4.69) is 67.6 Å². The average molecular weight is 406 g/mol. The van der Waals surface area contributed by atoms with Gasteiger partial charge in [0.05, 0.1) is 5.56 Å². The van der Waals surface area contributed by atoms with Crippen LogP contribution in [0, 0.1) is 3.57 Å². The SMILES string of the molecule is CC(C)(C)c1ccc(I)cc1.FC(F)(F)c1ccccc1. The van der Waals surface area contributed by atoms with Crippen molar-refractivity contribution in [1.82, 2.24) is 0 Å². The van der Waals surface area contributed by atoms with E-state index in [0.29, 0.717) is 0 Å². The Labute approximate surface area is 137 Å². The van der Waals surface area contributed by atoms with Gasteiger partial charge in [0.25, 0.3) is 0 Å². The zero-order chi connectivity index (χ0) is 16.1. The molecule has 21 heavy (non-hydrogen) atoms. The summed E-state index contributed by atoms with van der Waals surface area (Å²) in [6.07, 6.45) is -4.21. The quantitative estimate of drug-likeness (QED) is 0.451. The minimum Gasteiger partial charge on any atom is -0.166 e. The minimum absolute atomic E-state index is 0.282. The molecule has 0 aliphatic carbocycles. The van der Waals surface area contributed by atoms with Crippen molar-refractivity contribution in [2.45, 2.75) is 32.4 Å². The summed E-state index contributed by atoms with van der Waals surface area (Å²) < 4.78 is 36.7. The molecule has 2 aromatic rings. The van der Waals surface area contributed by atoms with Gasteiger partial charge in [-0.2, -0.15) is 13.2 Å². The smallest absolute Gasteiger partial charge is 0.166 e. The Morgan fingerprint density at radius 1 is 0.714 bits per heavy atom. The van der Waals surface area contributed by atoms with E-state index < -0.39 is 11.7 Å². The van der Waals surface area contributed by atoms with Crippen LogP contribution < -0.4 is 0 Å². The number of rotatable bonds is 0. The van der Waals surface area contributed by atoms with Crippen LogP contribution in [0.2, 0.25) is 0 Å². The van der Waals surface area contributed by atoms with Crippen LogP contribution in [0.3, 0.4) is 0 Å². The molecular formula is C17H18F3I. The second-order valence-corrected chi connectivity index (χ2v) is 6.87. The molecule has 2 aromatic carbocycles. The van der Waals surface area contributed by atoms with Crippen molar-refractivity contribution >= 4 is 22.6 Å². The monoisotopic (exact) mass is 406 g/mol. The van der Waals surface area contributed by atoms with Gasteiger partial charge in [0, 0.05) is 3.57 Å². The molecule has 114 valence electrons. The van der Waals surface area contributed by atoms with Gasteiger partial charge in [0.15, 0.2) is 0 Å². The maximum absolute atomic E-state index is 11.8. The maximum atomic E-state index is 11.8. The molecule has 0 aliphatic rings. The number of alkyl halides is 3.